The Morgan fingerprint density at radius 2 is 1.62 bits per heavy atom. The third-order valence-electron chi connectivity index (χ3n) is 3.42. The molecule has 1 aliphatic heterocycles. The summed E-state index contributed by atoms with van der Waals surface area (Å²) in [4.78, 5) is 8.84. The molecule has 1 aliphatic rings. The van der Waals surface area contributed by atoms with Crippen LogP contribution in [0.1, 0.15) is 16.7 Å². The molecule has 1 atom stereocenters. The summed E-state index contributed by atoms with van der Waals surface area (Å²) < 4.78 is 0. The first kappa shape index (κ1) is 13.3. The zero-order chi connectivity index (χ0) is 14.9. The molecule has 0 aromatic heterocycles. The number of amidine groups is 1. The monoisotopic (exact) mass is 279 g/mol. The largest absolute Gasteiger partial charge is 0.370 e. The maximum atomic E-state index is 6.35. The van der Waals surface area contributed by atoms with Gasteiger partial charge in [0.1, 0.15) is 5.84 Å². The maximum Gasteiger partial charge on any atom is 0.234 e. The first-order valence-corrected chi connectivity index (χ1v) is 6.71. The molecule has 1 heterocycles. The normalized spacial score (nSPS) is 21.2. The Morgan fingerprint density at radius 1 is 0.952 bits per heavy atom. The lowest BCUT2D eigenvalue weighted by Gasteiger charge is -2.28. The molecule has 0 saturated carbocycles. The molecule has 1 unspecified atom stereocenters. The zero-order valence-corrected chi connectivity index (χ0v) is 11.7. The number of guanidine groups is 1. The van der Waals surface area contributed by atoms with Gasteiger partial charge in [0, 0.05) is 11.1 Å². The van der Waals surface area contributed by atoms with E-state index in [1.807, 2.05) is 61.5 Å². The summed E-state index contributed by atoms with van der Waals surface area (Å²) in [7, 11) is 0. The summed E-state index contributed by atoms with van der Waals surface area (Å²) in [5, 5.41) is 3.00. The van der Waals surface area contributed by atoms with E-state index in [4.69, 9.17) is 11.5 Å². The lowest BCUT2D eigenvalue weighted by molar-refractivity contribution is 0.486. The van der Waals surface area contributed by atoms with Crippen LogP contribution in [-0.4, -0.2) is 11.8 Å². The van der Waals surface area contributed by atoms with Crippen molar-refractivity contribution < 1.29 is 0 Å². The minimum atomic E-state index is -1.20. The van der Waals surface area contributed by atoms with Crippen molar-refractivity contribution >= 4 is 11.8 Å². The van der Waals surface area contributed by atoms with Crippen molar-refractivity contribution in [2.24, 2.45) is 21.5 Å². The Kier molecular flexibility index (Phi) is 3.19. The number of nitrogens with two attached hydrogens (primary N) is 2. The molecule has 5 heteroatoms. The van der Waals surface area contributed by atoms with Gasteiger partial charge in [0.2, 0.25) is 5.79 Å². The predicted molar refractivity (Wildman–Crippen MR) is 84.8 cm³/mol. The van der Waals surface area contributed by atoms with E-state index in [9.17, 15) is 0 Å². The summed E-state index contributed by atoms with van der Waals surface area (Å²) in [6, 6.07) is 17.4. The van der Waals surface area contributed by atoms with Crippen molar-refractivity contribution in [3.8, 4) is 0 Å². The third-order valence-corrected chi connectivity index (χ3v) is 3.42. The standard InChI is InChI=1S/C16H17N5/c1-11-7-5-6-10-13(11)14-19-15(17)21-16(18,20-14)12-8-3-2-4-9-12/h2-10H,18H2,1H3,(H3,17,19,20,21). The van der Waals surface area contributed by atoms with Crippen LogP contribution >= 0.6 is 0 Å². The molecule has 0 aliphatic carbocycles. The molecular weight excluding hydrogens is 262 g/mol. The second kappa shape index (κ2) is 5.03. The summed E-state index contributed by atoms with van der Waals surface area (Å²) in [6.45, 7) is 2.02. The lowest BCUT2D eigenvalue weighted by atomic mass is 10.1. The van der Waals surface area contributed by atoms with Gasteiger partial charge >= 0.3 is 0 Å². The smallest absolute Gasteiger partial charge is 0.234 e. The van der Waals surface area contributed by atoms with Gasteiger partial charge in [-0.3, -0.25) is 5.73 Å². The number of rotatable bonds is 2. The third kappa shape index (κ3) is 2.51. The zero-order valence-electron chi connectivity index (χ0n) is 11.7. The summed E-state index contributed by atoms with van der Waals surface area (Å²) in [5.41, 5.74) is 15.1. The van der Waals surface area contributed by atoms with Crippen LogP contribution in [0.15, 0.2) is 64.6 Å². The number of benzene rings is 2. The van der Waals surface area contributed by atoms with Crippen LogP contribution in [0, 0.1) is 6.92 Å². The van der Waals surface area contributed by atoms with Crippen LogP contribution < -0.4 is 16.8 Å². The van der Waals surface area contributed by atoms with E-state index >= 15 is 0 Å². The van der Waals surface area contributed by atoms with E-state index in [0.29, 0.717) is 5.84 Å². The van der Waals surface area contributed by atoms with Crippen LogP contribution in [-0.2, 0) is 5.79 Å². The van der Waals surface area contributed by atoms with E-state index in [-0.39, 0.29) is 5.96 Å². The molecule has 106 valence electrons. The van der Waals surface area contributed by atoms with Gasteiger partial charge < -0.3 is 11.1 Å². The van der Waals surface area contributed by atoms with E-state index in [1.54, 1.807) is 0 Å². The number of hydrogen-bond acceptors (Lipinski definition) is 5. The fourth-order valence-electron chi connectivity index (χ4n) is 2.34. The average molecular weight is 279 g/mol. The summed E-state index contributed by atoms with van der Waals surface area (Å²) in [5.74, 6) is -0.310. The van der Waals surface area contributed by atoms with Crippen molar-refractivity contribution in [2.45, 2.75) is 12.7 Å². The molecule has 0 fully saturated rings. The second-order valence-electron chi connectivity index (χ2n) is 4.99. The Labute approximate surface area is 123 Å². The van der Waals surface area contributed by atoms with Gasteiger partial charge in [0.15, 0.2) is 5.96 Å². The molecule has 5 nitrogen and oxygen atoms in total. The Hall–Kier alpha value is -2.66. The molecule has 0 saturated heterocycles. The second-order valence-corrected chi connectivity index (χ2v) is 4.99. The van der Waals surface area contributed by atoms with Gasteiger partial charge in [-0.25, -0.2) is 9.98 Å². The molecule has 2 aromatic carbocycles. The first-order chi connectivity index (χ1) is 10.1. The number of nitrogens with one attached hydrogen (secondary N) is 1. The van der Waals surface area contributed by atoms with Crippen molar-refractivity contribution in [3.05, 3.63) is 71.3 Å². The highest BCUT2D eigenvalue weighted by Crippen LogP contribution is 2.24. The molecule has 0 radical (unpaired) electrons. The van der Waals surface area contributed by atoms with Gasteiger partial charge in [-0.15, -0.1) is 0 Å². The molecule has 0 amide bonds. The van der Waals surface area contributed by atoms with Crippen LogP contribution in [0.3, 0.4) is 0 Å². The van der Waals surface area contributed by atoms with Crippen LogP contribution in [0.4, 0.5) is 0 Å². The number of aliphatic imine (C=N–C) groups is 2. The van der Waals surface area contributed by atoms with Crippen molar-refractivity contribution in [2.75, 3.05) is 0 Å². The van der Waals surface area contributed by atoms with Crippen LogP contribution in [0.25, 0.3) is 0 Å². The van der Waals surface area contributed by atoms with E-state index in [2.05, 4.69) is 15.3 Å². The topological polar surface area (TPSA) is 88.8 Å². The molecule has 5 N–H and O–H groups in total. The molecular formula is C16H17N5. The molecule has 21 heavy (non-hydrogen) atoms. The lowest BCUT2D eigenvalue weighted by Crippen LogP contribution is -2.48. The minimum absolute atomic E-state index is 0.259. The van der Waals surface area contributed by atoms with E-state index in [0.717, 1.165) is 16.7 Å². The van der Waals surface area contributed by atoms with Gasteiger partial charge in [-0.05, 0) is 12.5 Å². The quantitative estimate of drug-likeness (QED) is 0.777. The fourth-order valence-corrected chi connectivity index (χ4v) is 2.34. The Morgan fingerprint density at radius 3 is 2.33 bits per heavy atom. The molecule has 0 bridgehead atoms. The number of nitrogens with zero attached hydrogens (tertiary/aromatic N) is 2. The van der Waals surface area contributed by atoms with Gasteiger partial charge in [0.25, 0.3) is 0 Å². The Balaban J connectivity index is 2.10. The average Bonchev–Trinajstić information content (AvgIpc) is 2.48. The first-order valence-electron chi connectivity index (χ1n) is 6.71. The van der Waals surface area contributed by atoms with Crippen molar-refractivity contribution in [1.82, 2.24) is 5.32 Å². The van der Waals surface area contributed by atoms with Gasteiger partial charge in [-0.1, -0.05) is 54.6 Å². The van der Waals surface area contributed by atoms with Crippen molar-refractivity contribution in [1.29, 1.82) is 0 Å². The SMILES string of the molecule is Cc1ccccc1C1=NC(N)(c2ccccc2)N=C(N)N1. The Bertz CT molecular complexity index is 720. The molecule has 3 rings (SSSR count). The van der Waals surface area contributed by atoms with Gasteiger partial charge in [-0.2, -0.15) is 0 Å². The predicted octanol–water partition coefficient (Wildman–Crippen LogP) is 1.43. The summed E-state index contributed by atoms with van der Waals surface area (Å²) in [6.07, 6.45) is 0. The summed E-state index contributed by atoms with van der Waals surface area (Å²) >= 11 is 0. The maximum absolute atomic E-state index is 6.35. The van der Waals surface area contributed by atoms with Crippen molar-refractivity contribution in [3.63, 3.8) is 0 Å². The highest BCUT2D eigenvalue weighted by atomic mass is 15.3. The number of aryl methyl sites for hydroxylation is 1. The van der Waals surface area contributed by atoms with E-state index < -0.39 is 5.79 Å². The minimum Gasteiger partial charge on any atom is -0.370 e. The highest BCUT2D eigenvalue weighted by molar-refractivity contribution is 6.10. The van der Waals surface area contributed by atoms with Gasteiger partial charge in [0.05, 0.1) is 0 Å². The van der Waals surface area contributed by atoms with Crippen LogP contribution in [0.5, 0.6) is 0 Å². The highest BCUT2D eigenvalue weighted by Gasteiger charge is 2.31. The van der Waals surface area contributed by atoms with Crippen LogP contribution in [0.2, 0.25) is 0 Å². The number of hydrogen-bond donors (Lipinski definition) is 3. The molecule has 0 spiro atoms. The molecule has 2 aromatic rings. The van der Waals surface area contributed by atoms with E-state index in [1.165, 1.54) is 0 Å². The fraction of sp³-hybridized carbons (Fsp3) is 0.125.